The molecule has 1 rings (SSSR count). The highest BCUT2D eigenvalue weighted by molar-refractivity contribution is 7.89. The molecule has 0 radical (unpaired) electrons. The molecule has 0 fully saturated rings. The van der Waals surface area contributed by atoms with Crippen LogP contribution >= 0.6 is 34.8 Å². The lowest BCUT2D eigenvalue weighted by molar-refractivity contribution is 0.572. The highest BCUT2D eigenvalue weighted by Gasteiger charge is 2.21. The SMILES string of the molecule is NCCCCCCNS(=O)(=O)c1c(Cl)cc(Cl)cc1Cl. The van der Waals surface area contributed by atoms with Gasteiger partial charge < -0.3 is 5.73 Å². The molecule has 0 aliphatic heterocycles. The molecule has 0 aliphatic carbocycles. The second kappa shape index (κ2) is 8.41. The van der Waals surface area contributed by atoms with Crippen molar-refractivity contribution >= 4 is 44.8 Å². The summed E-state index contributed by atoms with van der Waals surface area (Å²) in [7, 11) is -3.73. The van der Waals surface area contributed by atoms with Crippen molar-refractivity contribution in [2.24, 2.45) is 5.73 Å². The number of nitrogens with one attached hydrogen (secondary N) is 1. The second-order valence-electron chi connectivity index (χ2n) is 4.30. The normalized spacial score (nSPS) is 11.8. The van der Waals surface area contributed by atoms with Crippen molar-refractivity contribution in [2.75, 3.05) is 13.1 Å². The van der Waals surface area contributed by atoms with Gasteiger partial charge in [0.2, 0.25) is 10.0 Å². The Bertz CT molecular complexity index is 527. The van der Waals surface area contributed by atoms with Gasteiger partial charge in [0.1, 0.15) is 4.90 Å². The van der Waals surface area contributed by atoms with Crippen molar-refractivity contribution in [3.8, 4) is 0 Å². The van der Waals surface area contributed by atoms with Crippen LogP contribution in [0.15, 0.2) is 17.0 Å². The summed E-state index contributed by atoms with van der Waals surface area (Å²) < 4.78 is 26.7. The van der Waals surface area contributed by atoms with Gasteiger partial charge in [-0.15, -0.1) is 0 Å². The zero-order chi connectivity index (χ0) is 15.2. The zero-order valence-electron chi connectivity index (χ0n) is 10.8. The van der Waals surface area contributed by atoms with E-state index in [4.69, 9.17) is 40.5 Å². The molecule has 0 saturated carbocycles. The molecule has 0 unspecified atom stereocenters. The molecule has 0 bridgehead atoms. The average Bonchev–Trinajstić information content (AvgIpc) is 2.31. The molecule has 0 aliphatic rings. The third-order valence-electron chi connectivity index (χ3n) is 2.65. The summed E-state index contributed by atoms with van der Waals surface area (Å²) in [5, 5.41) is 0.317. The fraction of sp³-hybridized carbons (Fsp3) is 0.500. The number of hydrogen-bond donors (Lipinski definition) is 2. The summed E-state index contributed by atoms with van der Waals surface area (Å²) in [6.45, 7) is 0.990. The molecule has 0 amide bonds. The Morgan fingerprint density at radius 3 is 2.10 bits per heavy atom. The first kappa shape index (κ1) is 18.0. The molecule has 1 aromatic rings. The third kappa shape index (κ3) is 5.39. The summed E-state index contributed by atoms with van der Waals surface area (Å²) in [4.78, 5) is -0.132. The Hall–Kier alpha value is -0.0400. The first-order chi connectivity index (χ1) is 9.38. The molecule has 1 aromatic carbocycles. The van der Waals surface area contributed by atoms with Gasteiger partial charge in [0.05, 0.1) is 10.0 Å². The number of halogens is 3. The minimum atomic E-state index is -3.73. The molecule has 20 heavy (non-hydrogen) atoms. The summed E-state index contributed by atoms with van der Waals surface area (Å²) in [6, 6.07) is 2.70. The molecule has 0 heterocycles. The molecule has 0 spiro atoms. The molecule has 4 nitrogen and oxygen atoms in total. The van der Waals surface area contributed by atoms with Crippen LogP contribution in [0.3, 0.4) is 0 Å². The van der Waals surface area contributed by atoms with Crippen LogP contribution in [0, 0.1) is 0 Å². The standard InChI is InChI=1S/C12H17Cl3N2O2S/c13-9-7-10(14)12(11(15)8-9)20(18,19)17-6-4-2-1-3-5-16/h7-8,17H,1-6,16H2. The predicted molar refractivity (Wildman–Crippen MR) is 84.2 cm³/mol. The van der Waals surface area contributed by atoms with Gasteiger partial charge >= 0.3 is 0 Å². The number of benzene rings is 1. The van der Waals surface area contributed by atoms with Gasteiger partial charge in [-0.1, -0.05) is 47.6 Å². The molecule has 114 valence electrons. The van der Waals surface area contributed by atoms with E-state index in [2.05, 4.69) is 4.72 Å². The number of unbranched alkanes of at least 4 members (excludes halogenated alkanes) is 3. The highest BCUT2D eigenvalue weighted by atomic mass is 35.5. The van der Waals surface area contributed by atoms with Crippen molar-refractivity contribution < 1.29 is 8.42 Å². The van der Waals surface area contributed by atoms with Gasteiger partial charge in [-0.05, 0) is 31.5 Å². The lowest BCUT2D eigenvalue weighted by atomic mass is 10.2. The second-order valence-corrected chi connectivity index (χ2v) is 7.25. The van der Waals surface area contributed by atoms with Crippen LogP contribution in [0.25, 0.3) is 0 Å². The summed E-state index contributed by atoms with van der Waals surface area (Å²) >= 11 is 17.6. The molecular formula is C12H17Cl3N2O2S. The Labute approximate surface area is 134 Å². The summed E-state index contributed by atoms with van der Waals surface area (Å²) in [6.07, 6.45) is 3.59. The first-order valence-corrected chi connectivity index (χ1v) is 8.84. The fourth-order valence-electron chi connectivity index (χ4n) is 1.69. The van der Waals surface area contributed by atoms with E-state index in [0.717, 1.165) is 25.7 Å². The topological polar surface area (TPSA) is 72.2 Å². The monoisotopic (exact) mass is 358 g/mol. The molecule has 0 saturated heterocycles. The van der Waals surface area contributed by atoms with Gasteiger partial charge in [0, 0.05) is 11.6 Å². The number of sulfonamides is 1. The van der Waals surface area contributed by atoms with Crippen LogP contribution in [-0.2, 0) is 10.0 Å². The van der Waals surface area contributed by atoms with Crippen molar-refractivity contribution in [1.82, 2.24) is 4.72 Å². The van der Waals surface area contributed by atoms with E-state index in [1.807, 2.05) is 0 Å². The van der Waals surface area contributed by atoms with Crippen LogP contribution in [0.4, 0.5) is 0 Å². The van der Waals surface area contributed by atoms with Crippen LogP contribution in [0.5, 0.6) is 0 Å². The lowest BCUT2D eigenvalue weighted by Gasteiger charge is -2.10. The zero-order valence-corrected chi connectivity index (χ0v) is 13.9. The summed E-state index contributed by atoms with van der Waals surface area (Å²) in [5.74, 6) is 0. The van der Waals surface area contributed by atoms with E-state index in [-0.39, 0.29) is 14.9 Å². The van der Waals surface area contributed by atoms with Crippen molar-refractivity contribution in [3.05, 3.63) is 27.2 Å². The largest absolute Gasteiger partial charge is 0.330 e. The molecular weight excluding hydrogens is 343 g/mol. The van der Waals surface area contributed by atoms with Crippen molar-refractivity contribution in [3.63, 3.8) is 0 Å². The Morgan fingerprint density at radius 2 is 1.55 bits per heavy atom. The average molecular weight is 360 g/mol. The third-order valence-corrected chi connectivity index (χ3v) is 5.25. The lowest BCUT2D eigenvalue weighted by Crippen LogP contribution is -2.25. The van der Waals surface area contributed by atoms with Crippen molar-refractivity contribution in [2.45, 2.75) is 30.6 Å². The smallest absolute Gasteiger partial charge is 0.243 e. The van der Waals surface area contributed by atoms with Crippen LogP contribution in [-0.4, -0.2) is 21.5 Å². The quantitative estimate of drug-likeness (QED) is 0.698. The minimum Gasteiger partial charge on any atom is -0.330 e. The molecule has 8 heteroatoms. The minimum absolute atomic E-state index is 0.0122. The van der Waals surface area contributed by atoms with E-state index in [0.29, 0.717) is 18.1 Å². The van der Waals surface area contributed by atoms with Gasteiger partial charge in [-0.25, -0.2) is 13.1 Å². The Morgan fingerprint density at radius 1 is 1.00 bits per heavy atom. The van der Waals surface area contributed by atoms with E-state index < -0.39 is 10.0 Å². The van der Waals surface area contributed by atoms with Crippen molar-refractivity contribution in [1.29, 1.82) is 0 Å². The van der Waals surface area contributed by atoms with Crippen LogP contribution in [0.1, 0.15) is 25.7 Å². The highest BCUT2D eigenvalue weighted by Crippen LogP contribution is 2.32. The maximum atomic E-state index is 12.1. The molecule has 0 atom stereocenters. The fourth-order valence-corrected chi connectivity index (χ4v) is 4.30. The predicted octanol–water partition coefficient (Wildman–Crippen LogP) is 3.44. The van der Waals surface area contributed by atoms with E-state index in [1.54, 1.807) is 0 Å². The molecule has 3 N–H and O–H groups in total. The first-order valence-electron chi connectivity index (χ1n) is 6.23. The van der Waals surface area contributed by atoms with Crippen LogP contribution in [0.2, 0.25) is 15.1 Å². The number of hydrogen-bond acceptors (Lipinski definition) is 3. The van der Waals surface area contributed by atoms with E-state index >= 15 is 0 Å². The summed E-state index contributed by atoms with van der Waals surface area (Å²) in [5.41, 5.74) is 5.38. The molecule has 0 aromatic heterocycles. The Kier molecular flexibility index (Phi) is 7.58. The van der Waals surface area contributed by atoms with Gasteiger partial charge in [0.25, 0.3) is 0 Å². The maximum Gasteiger partial charge on any atom is 0.243 e. The van der Waals surface area contributed by atoms with Gasteiger partial charge in [0.15, 0.2) is 0 Å². The van der Waals surface area contributed by atoms with Crippen LogP contribution < -0.4 is 10.5 Å². The van der Waals surface area contributed by atoms with E-state index in [9.17, 15) is 8.42 Å². The number of nitrogens with two attached hydrogens (primary N) is 1. The van der Waals surface area contributed by atoms with Gasteiger partial charge in [-0.3, -0.25) is 0 Å². The van der Waals surface area contributed by atoms with Gasteiger partial charge in [-0.2, -0.15) is 0 Å². The maximum absolute atomic E-state index is 12.1. The number of rotatable bonds is 8. The van der Waals surface area contributed by atoms with E-state index in [1.165, 1.54) is 12.1 Å². The Balaban J connectivity index is 2.66.